The number of rotatable bonds is 4. The van der Waals surface area contributed by atoms with E-state index >= 15 is 0 Å². The molecule has 1 atom stereocenters. The third-order valence-electron chi connectivity index (χ3n) is 5.30. The van der Waals surface area contributed by atoms with Gasteiger partial charge in [-0.1, -0.05) is 40.9 Å². The van der Waals surface area contributed by atoms with Gasteiger partial charge >= 0.3 is 0 Å². The van der Waals surface area contributed by atoms with E-state index in [9.17, 15) is 14.7 Å². The number of aliphatic hydroxyl groups excluding tert-OH is 1. The monoisotopic (exact) mass is 502 g/mol. The van der Waals surface area contributed by atoms with Gasteiger partial charge in [-0.3, -0.25) is 19.5 Å². The summed E-state index contributed by atoms with van der Waals surface area (Å²) in [5.74, 6) is -2.05. The van der Waals surface area contributed by atoms with Crippen LogP contribution in [0, 0.1) is 6.92 Å². The third-order valence-corrected chi connectivity index (χ3v) is 6.03. The number of methoxy groups -OCH3 is 1. The second kappa shape index (κ2) is 9.06. The van der Waals surface area contributed by atoms with Crippen molar-refractivity contribution in [2.24, 2.45) is 0 Å². The molecule has 1 unspecified atom stereocenters. The van der Waals surface area contributed by atoms with Gasteiger partial charge in [0.05, 0.1) is 29.0 Å². The number of ketones is 1. The van der Waals surface area contributed by atoms with Gasteiger partial charge in [0.2, 0.25) is 0 Å². The molecular weight excluding hydrogens is 487 g/mol. The van der Waals surface area contributed by atoms with E-state index in [0.29, 0.717) is 22.0 Å². The number of halogens is 3. The van der Waals surface area contributed by atoms with E-state index in [1.54, 1.807) is 49.5 Å². The van der Waals surface area contributed by atoms with Gasteiger partial charge in [0, 0.05) is 21.9 Å². The van der Waals surface area contributed by atoms with Crippen LogP contribution in [0.5, 0.6) is 5.75 Å². The number of hydrogen-bond acceptors (Lipinski definition) is 5. The number of anilines is 1. The van der Waals surface area contributed by atoms with Crippen LogP contribution in [0.15, 0.2) is 60.3 Å². The normalized spacial score (nSPS) is 17.5. The molecule has 2 aromatic carbocycles. The minimum absolute atomic E-state index is 0.0850. The van der Waals surface area contributed by atoms with Crippen molar-refractivity contribution in [1.82, 2.24) is 4.98 Å². The highest BCUT2D eigenvalue weighted by Crippen LogP contribution is 2.45. The van der Waals surface area contributed by atoms with Crippen molar-refractivity contribution >= 4 is 57.9 Å². The smallest absolute Gasteiger partial charge is 0.300 e. The summed E-state index contributed by atoms with van der Waals surface area (Å²) < 4.78 is 5.33. The van der Waals surface area contributed by atoms with Gasteiger partial charge < -0.3 is 9.84 Å². The second-order valence-electron chi connectivity index (χ2n) is 7.32. The number of aryl methyl sites for hydroxylation is 1. The van der Waals surface area contributed by atoms with Crippen LogP contribution < -0.4 is 9.64 Å². The number of benzene rings is 2. The van der Waals surface area contributed by atoms with E-state index in [1.165, 1.54) is 24.1 Å². The van der Waals surface area contributed by atoms with Crippen molar-refractivity contribution in [1.29, 1.82) is 0 Å². The number of aromatic nitrogens is 1. The van der Waals surface area contributed by atoms with Crippen LogP contribution in [0.1, 0.15) is 22.9 Å². The van der Waals surface area contributed by atoms with Crippen LogP contribution in [-0.4, -0.2) is 28.9 Å². The molecule has 2 heterocycles. The van der Waals surface area contributed by atoms with Crippen LogP contribution in [0.4, 0.5) is 5.69 Å². The quantitative estimate of drug-likeness (QED) is 0.269. The highest BCUT2D eigenvalue weighted by Gasteiger charge is 2.48. The lowest BCUT2D eigenvalue weighted by atomic mass is 9.97. The number of amides is 1. The first kappa shape index (κ1) is 23.1. The molecule has 9 heteroatoms. The maximum absolute atomic E-state index is 13.3. The fourth-order valence-electron chi connectivity index (χ4n) is 3.88. The molecule has 0 bridgehead atoms. The van der Waals surface area contributed by atoms with Gasteiger partial charge in [0.15, 0.2) is 0 Å². The Kier molecular flexibility index (Phi) is 6.34. The summed E-state index contributed by atoms with van der Waals surface area (Å²) in [7, 11) is 1.37. The zero-order valence-electron chi connectivity index (χ0n) is 17.5. The van der Waals surface area contributed by atoms with E-state index in [1.807, 2.05) is 0 Å². The number of carbonyl (C=O) groups is 2. The van der Waals surface area contributed by atoms with E-state index in [-0.39, 0.29) is 26.9 Å². The highest BCUT2D eigenvalue weighted by molar-refractivity contribution is 6.52. The second-order valence-corrected chi connectivity index (χ2v) is 8.60. The lowest BCUT2D eigenvalue weighted by Gasteiger charge is -2.26. The fraction of sp³-hybridized carbons (Fsp3) is 0.125. The molecule has 0 aliphatic carbocycles. The molecule has 1 fully saturated rings. The number of aliphatic hydroxyl groups is 1. The Morgan fingerprint density at radius 2 is 1.82 bits per heavy atom. The van der Waals surface area contributed by atoms with Crippen LogP contribution in [0.3, 0.4) is 0 Å². The minimum Gasteiger partial charge on any atom is -0.507 e. The lowest BCUT2D eigenvalue weighted by Crippen LogP contribution is -2.30. The van der Waals surface area contributed by atoms with Crippen molar-refractivity contribution < 1.29 is 19.4 Å². The molecule has 0 spiro atoms. The van der Waals surface area contributed by atoms with Gasteiger partial charge in [-0.15, -0.1) is 0 Å². The Hall–Kier alpha value is -3.06. The maximum atomic E-state index is 13.3. The van der Waals surface area contributed by atoms with E-state index in [2.05, 4.69) is 4.98 Å². The fourth-order valence-corrected chi connectivity index (χ4v) is 4.67. The van der Waals surface area contributed by atoms with Crippen molar-refractivity contribution in [3.63, 3.8) is 0 Å². The number of ether oxygens (including phenoxy) is 1. The number of hydrogen-bond donors (Lipinski definition) is 1. The van der Waals surface area contributed by atoms with Crippen LogP contribution in [0.25, 0.3) is 5.76 Å². The Morgan fingerprint density at radius 3 is 2.45 bits per heavy atom. The average molecular weight is 504 g/mol. The molecule has 4 rings (SSSR count). The first-order valence-electron chi connectivity index (χ1n) is 9.76. The highest BCUT2D eigenvalue weighted by atomic mass is 35.5. The van der Waals surface area contributed by atoms with Crippen molar-refractivity contribution in [2.75, 3.05) is 12.0 Å². The molecule has 3 aromatic rings. The molecular formula is C24H17Cl3N2O4. The minimum atomic E-state index is -1.01. The van der Waals surface area contributed by atoms with Gasteiger partial charge in [0.25, 0.3) is 11.7 Å². The van der Waals surface area contributed by atoms with Crippen molar-refractivity contribution in [3.8, 4) is 5.75 Å². The van der Waals surface area contributed by atoms with Crippen molar-refractivity contribution in [2.45, 2.75) is 13.0 Å². The molecule has 1 aromatic heterocycles. The van der Waals surface area contributed by atoms with Gasteiger partial charge in [-0.25, -0.2) is 0 Å². The van der Waals surface area contributed by atoms with Crippen LogP contribution in [-0.2, 0) is 9.59 Å². The molecule has 0 saturated carbocycles. The maximum Gasteiger partial charge on any atom is 0.300 e. The van der Waals surface area contributed by atoms with E-state index in [4.69, 9.17) is 39.5 Å². The molecule has 1 amide bonds. The first-order chi connectivity index (χ1) is 15.7. The Bertz CT molecular complexity index is 1310. The van der Waals surface area contributed by atoms with E-state index in [0.717, 1.165) is 0 Å². The van der Waals surface area contributed by atoms with Gasteiger partial charge in [0.1, 0.15) is 17.6 Å². The molecule has 168 valence electrons. The predicted octanol–water partition coefficient (Wildman–Crippen LogP) is 5.99. The average Bonchev–Trinajstić information content (AvgIpc) is 3.04. The Balaban J connectivity index is 2.02. The largest absolute Gasteiger partial charge is 0.507 e. The summed E-state index contributed by atoms with van der Waals surface area (Å²) in [6, 6.07) is 11.9. The summed E-state index contributed by atoms with van der Waals surface area (Å²) in [6.45, 7) is 1.77. The number of pyridine rings is 1. The molecule has 33 heavy (non-hydrogen) atoms. The Labute approximate surface area is 205 Å². The summed E-state index contributed by atoms with van der Waals surface area (Å²) in [6.07, 6.45) is 1.54. The van der Waals surface area contributed by atoms with Crippen molar-refractivity contribution in [3.05, 3.63) is 92.2 Å². The van der Waals surface area contributed by atoms with E-state index < -0.39 is 23.5 Å². The lowest BCUT2D eigenvalue weighted by molar-refractivity contribution is -0.132. The summed E-state index contributed by atoms with van der Waals surface area (Å²) in [4.78, 5) is 32.2. The standard InChI is InChI=1S/C24H17Cl3N2O4/c1-12-9-13(25)6-7-18(12)29-20(17-5-3-4-8-28-17)19(22(31)24(29)32)21(30)15-10-14(26)11-16(27)23(15)33-2/h3-11,20,30H,1-2H3/b21-19+. The molecule has 1 saturated heterocycles. The summed E-state index contributed by atoms with van der Waals surface area (Å²) in [5, 5.41) is 12.2. The SMILES string of the molecule is COc1c(Cl)cc(Cl)cc1/C(O)=C1\C(=O)C(=O)N(c2ccc(Cl)cc2C)C1c1ccccn1. The predicted molar refractivity (Wildman–Crippen MR) is 128 cm³/mol. The molecule has 1 aliphatic heterocycles. The number of Topliss-reactive ketones (excluding diaryl/α,β-unsaturated/α-hetero) is 1. The summed E-state index contributed by atoms with van der Waals surface area (Å²) in [5.41, 5.74) is 1.45. The molecule has 1 N–H and O–H groups in total. The zero-order chi connectivity index (χ0) is 23.9. The topological polar surface area (TPSA) is 79.7 Å². The first-order valence-corrected chi connectivity index (χ1v) is 10.9. The van der Waals surface area contributed by atoms with Gasteiger partial charge in [-0.2, -0.15) is 0 Å². The number of carbonyl (C=O) groups excluding carboxylic acids is 2. The molecule has 1 aliphatic rings. The molecule has 6 nitrogen and oxygen atoms in total. The summed E-state index contributed by atoms with van der Waals surface area (Å²) >= 11 is 18.5. The van der Waals surface area contributed by atoms with Gasteiger partial charge in [-0.05, 0) is 55.0 Å². The van der Waals surface area contributed by atoms with Crippen LogP contribution in [0.2, 0.25) is 15.1 Å². The third kappa shape index (κ3) is 4.06. The number of nitrogens with zero attached hydrogens (tertiary/aromatic N) is 2. The Morgan fingerprint density at radius 1 is 1.06 bits per heavy atom. The molecule has 0 radical (unpaired) electrons. The van der Waals surface area contributed by atoms with Crippen LogP contribution >= 0.6 is 34.8 Å². The zero-order valence-corrected chi connectivity index (χ0v) is 19.7.